The summed E-state index contributed by atoms with van der Waals surface area (Å²) in [5.41, 5.74) is 5.05. The number of rotatable bonds is 9. The van der Waals surface area contributed by atoms with Crippen molar-refractivity contribution in [3.05, 3.63) is 173 Å². The Hall–Kier alpha value is -4.15. The van der Waals surface area contributed by atoms with Gasteiger partial charge in [-0.15, -0.1) is 11.8 Å². The molecule has 0 spiro atoms. The normalized spacial score (nSPS) is 16.2. The second-order valence-electron chi connectivity index (χ2n) is 10.3. The van der Waals surface area contributed by atoms with Crippen molar-refractivity contribution in [1.82, 2.24) is 5.32 Å². The molecule has 2 atom stereocenters. The number of hydrogen-bond acceptors (Lipinski definition) is 2. The van der Waals surface area contributed by atoms with E-state index >= 15 is 0 Å². The molecule has 5 aromatic rings. The van der Waals surface area contributed by atoms with Crippen LogP contribution >= 0.6 is 11.8 Å². The minimum absolute atomic E-state index is 0.00422. The van der Waals surface area contributed by atoms with Crippen molar-refractivity contribution in [3.63, 3.8) is 0 Å². The Bertz CT molecular complexity index is 1520. The van der Waals surface area contributed by atoms with Gasteiger partial charge in [-0.25, -0.2) is 4.39 Å². The highest BCUT2D eigenvalue weighted by atomic mass is 32.2. The van der Waals surface area contributed by atoms with Crippen LogP contribution in [0.2, 0.25) is 0 Å². The molecule has 0 aromatic heterocycles. The van der Waals surface area contributed by atoms with E-state index in [0.29, 0.717) is 0 Å². The molecule has 198 valence electrons. The summed E-state index contributed by atoms with van der Waals surface area (Å²) >= 11 is 1.78. The molecule has 40 heavy (non-hydrogen) atoms. The fourth-order valence-electron chi connectivity index (χ4n) is 5.61. The molecule has 2 nitrogen and oxygen atoms in total. The Labute approximate surface area is 239 Å². The molecular formula is C36H30FNOS. The highest BCUT2D eigenvalue weighted by molar-refractivity contribution is 7.98. The summed E-state index contributed by atoms with van der Waals surface area (Å²) < 4.78 is 13.8. The third-order valence-corrected chi connectivity index (χ3v) is 8.89. The van der Waals surface area contributed by atoms with Gasteiger partial charge in [0.2, 0.25) is 5.91 Å². The van der Waals surface area contributed by atoms with Gasteiger partial charge >= 0.3 is 0 Å². The van der Waals surface area contributed by atoms with Crippen LogP contribution in [-0.2, 0) is 16.0 Å². The molecule has 1 aliphatic rings. The van der Waals surface area contributed by atoms with Gasteiger partial charge < -0.3 is 5.32 Å². The first-order valence-corrected chi connectivity index (χ1v) is 14.6. The second-order valence-corrected chi connectivity index (χ2v) is 11.3. The molecular weight excluding hydrogens is 513 g/mol. The van der Waals surface area contributed by atoms with Gasteiger partial charge in [-0.3, -0.25) is 4.79 Å². The van der Waals surface area contributed by atoms with Gasteiger partial charge in [-0.1, -0.05) is 115 Å². The average molecular weight is 544 g/mol. The SMILES string of the molecule is O=C(NC(c1ccc(F)cc1)c1ccc(SCc2ccccc2)cc1)C1CC1(c1ccccc1)c1ccccc1. The lowest BCUT2D eigenvalue weighted by Gasteiger charge is -2.23. The van der Waals surface area contributed by atoms with Crippen molar-refractivity contribution in [2.45, 2.75) is 28.5 Å². The van der Waals surface area contributed by atoms with E-state index in [-0.39, 0.29) is 29.1 Å². The largest absolute Gasteiger partial charge is 0.345 e. The van der Waals surface area contributed by atoms with E-state index in [1.165, 1.54) is 17.7 Å². The van der Waals surface area contributed by atoms with E-state index in [2.05, 4.69) is 78.1 Å². The first-order chi connectivity index (χ1) is 19.6. The molecule has 1 aliphatic carbocycles. The Morgan fingerprint density at radius 3 is 1.77 bits per heavy atom. The monoisotopic (exact) mass is 543 g/mol. The summed E-state index contributed by atoms with van der Waals surface area (Å²) in [7, 11) is 0. The summed E-state index contributed by atoms with van der Waals surface area (Å²) in [6.45, 7) is 0. The lowest BCUT2D eigenvalue weighted by molar-refractivity contribution is -0.123. The molecule has 5 aromatic carbocycles. The first-order valence-electron chi connectivity index (χ1n) is 13.6. The zero-order valence-electron chi connectivity index (χ0n) is 22.0. The van der Waals surface area contributed by atoms with Crippen molar-refractivity contribution in [1.29, 1.82) is 0 Å². The maximum absolute atomic E-state index is 13.9. The molecule has 0 aliphatic heterocycles. The van der Waals surface area contributed by atoms with Crippen LogP contribution in [0, 0.1) is 11.7 Å². The number of thioether (sulfide) groups is 1. The Morgan fingerprint density at radius 1 is 0.725 bits per heavy atom. The Balaban J connectivity index is 1.26. The molecule has 1 N–H and O–H groups in total. The molecule has 1 fully saturated rings. The van der Waals surface area contributed by atoms with Gasteiger partial charge in [-0.05, 0) is 58.5 Å². The fraction of sp³-hybridized carbons (Fsp3) is 0.139. The number of halogens is 1. The lowest BCUT2D eigenvalue weighted by atomic mass is 9.85. The zero-order chi connectivity index (χ0) is 27.4. The predicted octanol–water partition coefficient (Wildman–Crippen LogP) is 8.33. The Kier molecular flexibility index (Phi) is 7.52. The second kappa shape index (κ2) is 11.5. The van der Waals surface area contributed by atoms with Gasteiger partial charge in [0.05, 0.1) is 12.0 Å². The highest BCUT2D eigenvalue weighted by Gasteiger charge is 2.60. The van der Waals surface area contributed by atoms with Crippen LogP contribution in [0.25, 0.3) is 0 Å². The summed E-state index contributed by atoms with van der Waals surface area (Å²) in [6.07, 6.45) is 0.748. The quantitative estimate of drug-likeness (QED) is 0.189. The summed E-state index contributed by atoms with van der Waals surface area (Å²) in [5, 5.41) is 3.33. The van der Waals surface area contributed by atoms with Crippen LogP contribution in [0.1, 0.15) is 40.3 Å². The number of benzene rings is 5. The van der Waals surface area contributed by atoms with Gasteiger partial charge in [0.1, 0.15) is 5.82 Å². The summed E-state index contributed by atoms with van der Waals surface area (Å²) in [4.78, 5) is 15.1. The van der Waals surface area contributed by atoms with Crippen LogP contribution in [0.4, 0.5) is 4.39 Å². The molecule has 1 saturated carbocycles. The molecule has 0 bridgehead atoms. The van der Waals surface area contributed by atoms with Crippen molar-refractivity contribution >= 4 is 17.7 Å². The highest BCUT2D eigenvalue weighted by Crippen LogP contribution is 2.59. The molecule has 6 rings (SSSR count). The van der Waals surface area contributed by atoms with E-state index in [1.54, 1.807) is 23.9 Å². The van der Waals surface area contributed by atoms with Crippen LogP contribution < -0.4 is 5.32 Å². The van der Waals surface area contributed by atoms with E-state index in [9.17, 15) is 9.18 Å². The number of carbonyl (C=O) groups excluding carboxylic acids is 1. The standard InChI is InChI=1S/C36H30FNOS/c37-31-20-16-27(17-21-31)34(28-18-22-32(23-19-28)40-25-26-10-4-1-5-11-26)38-35(39)33-24-36(33,29-12-6-2-7-13-29)30-14-8-3-9-15-30/h1-23,33-34H,24-25H2,(H,38,39). The van der Waals surface area contributed by atoms with Gasteiger partial charge in [0, 0.05) is 16.1 Å². The van der Waals surface area contributed by atoms with Crippen LogP contribution in [0.3, 0.4) is 0 Å². The van der Waals surface area contributed by atoms with Crippen molar-refractivity contribution in [2.24, 2.45) is 5.92 Å². The van der Waals surface area contributed by atoms with E-state index in [1.807, 2.05) is 42.5 Å². The maximum atomic E-state index is 13.9. The third-order valence-electron chi connectivity index (χ3n) is 7.81. The maximum Gasteiger partial charge on any atom is 0.225 e. The molecule has 0 heterocycles. The lowest BCUT2D eigenvalue weighted by Crippen LogP contribution is -2.33. The molecule has 2 unspecified atom stereocenters. The van der Waals surface area contributed by atoms with E-state index in [0.717, 1.165) is 39.3 Å². The number of nitrogens with one attached hydrogen (secondary N) is 1. The van der Waals surface area contributed by atoms with E-state index in [4.69, 9.17) is 0 Å². The molecule has 4 heteroatoms. The summed E-state index contributed by atoms with van der Waals surface area (Å²) in [5.74, 6) is 0.405. The van der Waals surface area contributed by atoms with Gasteiger partial charge in [0.15, 0.2) is 0 Å². The molecule has 1 amide bonds. The predicted molar refractivity (Wildman–Crippen MR) is 161 cm³/mol. The average Bonchev–Trinajstić information content (AvgIpc) is 3.78. The minimum Gasteiger partial charge on any atom is -0.345 e. The summed E-state index contributed by atoms with van der Waals surface area (Å²) in [6, 6.07) is 45.4. The number of hydrogen-bond donors (Lipinski definition) is 1. The van der Waals surface area contributed by atoms with Crippen LogP contribution in [-0.4, -0.2) is 5.91 Å². The molecule has 0 saturated heterocycles. The topological polar surface area (TPSA) is 29.1 Å². The zero-order valence-corrected chi connectivity index (χ0v) is 22.9. The van der Waals surface area contributed by atoms with Crippen molar-refractivity contribution in [2.75, 3.05) is 0 Å². The van der Waals surface area contributed by atoms with Crippen LogP contribution in [0.5, 0.6) is 0 Å². The minimum atomic E-state index is -0.383. The smallest absolute Gasteiger partial charge is 0.225 e. The molecule has 0 radical (unpaired) electrons. The first kappa shape index (κ1) is 26.1. The fourth-order valence-corrected chi connectivity index (χ4v) is 6.46. The number of amides is 1. The number of carbonyl (C=O) groups is 1. The van der Waals surface area contributed by atoms with E-state index < -0.39 is 0 Å². The van der Waals surface area contributed by atoms with Gasteiger partial charge in [-0.2, -0.15) is 0 Å². The van der Waals surface area contributed by atoms with Crippen molar-refractivity contribution < 1.29 is 9.18 Å². The van der Waals surface area contributed by atoms with Gasteiger partial charge in [0.25, 0.3) is 0 Å². The van der Waals surface area contributed by atoms with Crippen LogP contribution in [0.15, 0.2) is 144 Å². The Morgan fingerprint density at radius 2 is 1.23 bits per heavy atom. The van der Waals surface area contributed by atoms with Crippen molar-refractivity contribution in [3.8, 4) is 0 Å². The third kappa shape index (κ3) is 5.45.